The molecule has 1 aliphatic heterocycles. The first-order valence-electron chi connectivity index (χ1n) is 11.5. The van der Waals surface area contributed by atoms with Crippen LogP contribution in [0.1, 0.15) is 45.9 Å². The van der Waals surface area contributed by atoms with E-state index in [9.17, 15) is 5.11 Å². The van der Waals surface area contributed by atoms with E-state index in [4.69, 9.17) is 23.8 Å². The number of pyridine rings is 1. The Morgan fingerprint density at radius 2 is 1.77 bits per heavy atom. The van der Waals surface area contributed by atoms with Gasteiger partial charge in [0.15, 0.2) is 5.11 Å². The summed E-state index contributed by atoms with van der Waals surface area (Å²) >= 11 is 12.2. The van der Waals surface area contributed by atoms with Gasteiger partial charge in [0.2, 0.25) is 0 Å². The van der Waals surface area contributed by atoms with Crippen LogP contribution in [0.4, 0.5) is 5.69 Å². The molecule has 2 aromatic carbocycles. The van der Waals surface area contributed by atoms with E-state index in [0.29, 0.717) is 15.8 Å². The number of hydrogen-bond donors (Lipinski definition) is 2. The van der Waals surface area contributed by atoms with E-state index in [0.717, 1.165) is 28.3 Å². The van der Waals surface area contributed by atoms with Crippen molar-refractivity contribution in [3.05, 3.63) is 106 Å². The van der Waals surface area contributed by atoms with Crippen molar-refractivity contribution in [1.29, 1.82) is 0 Å². The lowest BCUT2D eigenvalue weighted by atomic mass is 9.96. The van der Waals surface area contributed by atoms with Crippen LogP contribution in [-0.4, -0.2) is 19.8 Å². The second kappa shape index (κ2) is 9.02. The number of phenolic OH excluding ortho intramolecular Hbond substituents is 1. The van der Waals surface area contributed by atoms with E-state index >= 15 is 0 Å². The zero-order valence-corrected chi connectivity index (χ0v) is 21.7. The summed E-state index contributed by atoms with van der Waals surface area (Å²) in [5.74, 6) is 0.119. The maximum absolute atomic E-state index is 10.8. The summed E-state index contributed by atoms with van der Waals surface area (Å²) in [4.78, 5) is 6.60. The van der Waals surface area contributed by atoms with Crippen LogP contribution in [0, 0.1) is 27.7 Å². The van der Waals surface area contributed by atoms with Crippen molar-refractivity contribution < 1.29 is 5.11 Å². The highest BCUT2D eigenvalue weighted by molar-refractivity contribution is 7.80. The Bertz CT molecular complexity index is 1430. The second-order valence-electron chi connectivity index (χ2n) is 9.01. The SMILES string of the molecule is Cc1cccc(-n2c(C)cc([C@H]3[C@@H](c4ccccn4)NC(=S)N3c3cc(Cl)ccc3O)c2C)c1C. The van der Waals surface area contributed by atoms with Crippen LogP contribution in [0.15, 0.2) is 66.9 Å². The highest BCUT2D eigenvalue weighted by Gasteiger charge is 2.43. The molecule has 3 heterocycles. The van der Waals surface area contributed by atoms with Gasteiger partial charge in [0.25, 0.3) is 0 Å². The van der Waals surface area contributed by atoms with Gasteiger partial charge < -0.3 is 19.9 Å². The Kier molecular flexibility index (Phi) is 6.03. The Morgan fingerprint density at radius 3 is 2.51 bits per heavy atom. The highest BCUT2D eigenvalue weighted by Crippen LogP contribution is 2.46. The molecule has 0 saturated carbocycles. The first kappa shape index (κ1) is 23.4. The average molecular weight is 503 g/mol. The minimum Gasteiger partial charge on any atom is -0.506 e. The van der Waals surface area contributed by atoms with Crippen LogP contribution in [0.25, 0.3) is 5.69 Å². The molecule has 5 nitrogen and oxygen atoms in total. The monoisotopic (exact) mass is 502 g/mol. The minimum atomic E-state index is -0.244. The van der Waals surface area contributed by atoms with Gasteiger partial charge in [-0.25, -0.2) is 0 Å². The highest BCUT2D eigenvalue weighted by atomic mass is 35.5. The lowest BCUT2D eigenvalue weighted by Gasteiger charge is -2.29. The van der Waals surface area contributed by atoms with E-state index < -0.39 is 0 Å². The van der Waals surface area contributed by atoms with E-state index in [1.807, 2.05) is 23.1 Å². The van der Waals surface area contributed by atoms with Crippen LogP contribution >= 0.6 is 23.8 Å². The van der Waals surface area contributed by atoms with E-state index in [1.54, 1.807) is 24.4 Å². The quantitative estimate of drug-likeness (QED) is 0.306. The van der Waals surface area contributed by atoms with Crippen molar-refractivity contribution in [2.45, 2.75) is 39.8 Å². The summed E-state index contributed by atoms with van der Waals surface area (Å²) in [5.41, 5.74) is 8.43. The Balaban J connectivity index is 1.73. The number of hydrogen-bond acceptors (Lipinski definition) is 3. The number of anilines is 1. The Morgan fingerprint density at radius 1 is 0.971 bits per heavy atom. The normalized spacial score (nSPS) is 17.6. The van der Waals surface area contributed by atoms with Crippen molar-refractivity contribution in [3.8, 4) is 11.4 Å². The molecule has 4 aromatic rings. The molecule has 1 saturated heterocycles. The molecule has 0 aliphatic carbocycles. The first-order valence-corrected chi connectivity index (χ1v) is 12.3. The van der Waals surface area contributed by atoms with Gasteiger partial charge in [-0.1, -0.05) is 29.8 Å². The smallest absolute Gasteiger partial charge is 0.174 e. The number of aromatic hydroxyl groups is 1. The molecule has 0 amide bonds. The van der Waals surface area contributed by atoms with Crippen molar-refractivity contribution in [3.63, 3.8) is 0 Å². The zero-order valence-electron chi connectivity index (χ0n) is 20.1. The van der Waals surface area contributed by atoms with Crippen molar-refractivity contribution >= 4 is 34.6 Å². The molecule has 0 bridgehead atoms. The van der Waals surface area contributed by atoms with Crippen LogP contribution in [-0.2, 0) is 0 Å². The number of aryl methyl sites for hydroxylation is 2. The minimum absolute atomic E-state index is 0.119. The van der Waals surface area contributed by atoms with Gasteiger partial charge in [-0.15, -0.1) is 0 Å². The molecule has 0 spiro atoms. The lowest BCUT2D eigenvalue weighted by molar-refractivity contribution is 0.472. The number of nitrogens with one attached hydrogen (secondary N) is 1. The molecule has 178 valence electrons. The molecule has 0 unspecified atom stereocenters. The van der Waals surface area contributed by atoms with Crippen molar-refractivity contribution in [1.82, 2.24) is 14.9 Å². The maximum Gasteiger partial charge on any atom is 0.174 e. The fourth-order valence-corrected chi connectivity index (χ4v) is 5.56. The van der Waals surface area contributed by atoms with Crippen molar-refractivity contribution in [2.24, 2.45) is 0 Å². The molecular formula is C28H27ClN4OS. The largest absolute Gasteiger partial charge is 0.506 e. The molecule has 5 rings (SSSR count). The van der Waals surface area contributed by atoms with Crippen LogP contribution in [0.3, 0.4) is 0 Å². The maximum atomic E-state index is 10.8. The summed E-state index contributed by atoms with van der Waals surface area (Å²) in [5, 5.41) is 15.3. The van der Waals surface area contributed by atoms with Gasteiger partial charge in [-0.05, 0) is 99.1 Å². The third-order valence-corrected chi connectivity index (χ3v) is 7.45. The first-order chi connectivity index (χ1) is 16.8. The average Bonchev–Trinajstić information content (AvgIpc) is 3.33. The molecule has 35 heavy (non-hydrogen) atoms. The van der Waals surface area contributed by atoms with E-state index in [1.165, 1.54) is 11.1 Å². The third kappa shape index (κ3) is 3.97. The Hall–Kier alpha value is -3.35. The predicted molar refractivity (Wildman–Crippen MR) is 146 cm³/mol. The summed E-state index contributed by atoms with van der Waals surface area (Å²) in [6.07, 6.45) is 1.79. The third-order valence-electron chi connectivity index (χ3n) is 6.90. The fraction of sp³-hybridized carbons (Fsp3) is 0.214. The summed E-state index contributed by atoms with van der Waals surface area (Å²) in [6.45, 7) is 8.55. The summed E-state index contributed by atoms with van der Waals surface area (Å²) in [7, 11) is 0. The summed E-state index contributed by atoms with van der Waals surface area (Å²) in [6, 6.07) is 19.0. The zero-order chi connectivity index (χ0) is 24.9. The van der Waals surface area contributed by atoms with Gasteiger partial charge in [-0.3, -0.25) is 4.98 Å². The number of phenols is 1. The summed E-state index contributed by atoms with van der Waals surface area (Å²) < 4.78 is 2.30. The standard InChI is InChI=1S/C28H27ClN4OS/c1-16-8-7-10-23(18(16)3)32-17(2)14-21(19(32)4)27-26(22-9-5-6-13-30-22)31-28(35)33(27)24-15-20(29)11-12-25(24)34/h5-15,26-27,34H,1-4H3,(H,31,35)/t26-,27+/m1/s1. The Labute approximate surface area is 216 Å². The van der Waals surface area contributed by atoms with Crippen LogP contribution in [0.5, 0.6) is 5.75 Å². The van der Waals surface area contributed by atoms with Crippen LogP contribution in [0.2, 0.25) is 5.02 Å². The number of aromatic nitrogens is 2. The second-order valence-corrected chi connectivity index (χ2v) is 9.83. The molecule has 2 atom stereocenters. The molecule has 1 aliphatic rings. The van der Waals surface area contributed by atoms with Crippen molar-refractivity contribution in [2.75, 3.05) is 4.90 Å². The fourth-order valence-electron chi connectivity index (χ4n) is 5.06. The molecule has 2 N–H and O–H groups in total. The number of halogens is 1. The molecule has 1 fully saturated rings. The number of thiocarbonyl (C=S) groups is 1. The number of benzene rings is 2. The number of rotatable bonds is 4. The van der Waals surface area contributed by atoms with Gasteiger partial charge in [0.1, 0.15) is 5.75 Å². The van der Waals surface area contributed by atoms with E-state index in [2.05, 4.69) is 66.8 Å². The topological polar surface area (TPSA) is 53.3 Å². The van der Waals surface area contributed by atoms with E-state index in [-0.39, 0.29) is 17.8 Å². The van der Waals surface area contributed by atoms with Gasteiger partial charge in [0.05, 0.1) is 23.5 Å². The van der Waals surface area contributed by atoms with Gasteiger partial charge >= 0.3 is 0 Å². The van der Waals surface area contributed by atoms with Gasteiger partial charge in [0, 0.05) is 28.3 Å². The van der Waals surface area contributed by atoms with Gasteiger partial charge in [-0.2, -0.15) is 0 Å². The number of nitrogens with zero attached hydrogens (tertiary/aromatic N) is 3. The molecule has 0 radical (unpaired) electrons. The molecule has 7 heteroatoms. The predicted octanol–water partition coefficient (Wildman–Crippen LogP) is 6.64. The molecular weight excluding hydrogens is 476 g/mol. The lowest BCUT2D eigenvalue weighted by Crippen LogP contribution is -2.29. The molecule has 2 aromatic heterocycles. The van der Waals surface area contributed by atoms with Crippen LogP contribution < -0.4 is 10.2 Å².